The first-order valence-corrected chi connectivity index (χ1v) is 11.1. The van der Waals surface area contributed by atoms with Gasteiger partial charge in [0.1, 0.15) is 5.75 Å². The lowest BCUT2D eigenvalue weighted by atomic mass is 10.2. The lowest BCUT2D eigenvalue weighted by Crippen LogP contribution is -2.12. The number of benzene rings is 3. The van der Waals surface area contributed by atoms with Crippen molar-refractivity contribution in [2.75, 3.05) is 4.72 Å². The highest BCUT2D eigenvalue weighted by Gasteiger charge is 2.13. The topological polar surface area (TPSA) is 78.8 Å². The third kappa shape index (κ3) is 5.30. The normalized spacial score (nSPS) is 11.6. The van der Waals surface area contributed by atoms with Gasteiger partial charge in [-0.25, -0.2) is 8.42 Å². The number of phenols is 1. The monoisotopic (exact) mass is 556 g/mol. The first-order valence-electron chi connectivity index (χ1n) is 7.74. The van der Waals surface area contributed by atoms with Crippen molar-refractivity contribution in [1.82, 2.24) is 0 Å². The van der Waals surface area contributed by atoms with Crippen molar-refractivity contribution in [3.8, 4) is 5.75 Å². The van der Waals surface area contributed by atoms with Crippen LogP contribution in [0.2, 0.25) is 0 Å². The Bertz CT molecular complexity index is 1080. The number of nitrogens with one attached hydrogen (secondary N) is 1. The van der Waals surface area contributed by atoms with Gasteiger partial charge in [-0.3, -0.25) is 9.71 Å². The summed E-state index contributed by atoms with van der Waals surface area (Å²) < 4.78 is 29.3. The first kappa shape index (κ1) is 19.8. The van der Waals surface area contributed by atoms with E-state index in [4.69, 9.17) is 0 Å². The molecule has 0 spiro atoms. The van der Waals surface area contributed by atoms with Crippen molar-refractivity contribution < 1.29 is 13.5 Å². The van der Waals surface area contributed by atoms with E-state index in [1.54, 1.807) is 42.5 Å². The lowest BCUT2D eigenvalue weighted by Gasteiger charge is -2.08. The molecule has 5 nitrogen and oxygen atoms in total. The number of hydrogen-bond acceptors (Lipinski definition) is 4. The van der Waals surface area contributed by atoms with E-state index in [1.165, 1.54) is 18.3 Å². The molecule has 3 aromatic carbocycles. The zero-order valence-corrected chi connectivity index (χ0v) is 18.4. The van der Waals surface area contributed by atoms with Gasteiger partial charge in [0, 0.05) is 25.5 Å². The molecule has 0 atom stereocenters. The molecule has 138 valence electrons. The Hall–Kier alpha value is -1.91. The fourth-order valence-electron chi connectivity index (χ4n) is 2.22. The van der Waals surface area contributed by atoms with Crippen LogP contribution in [0.3, 0.4) is 0 Å². The van der Waals surface area contributed by atoms with Gasteiger partial charge < -0.3 is 5.11 Å². The summed E-state index contributed by atoms with van der Waals surface area (Å²) in [6.45, 7) is 0. The molecule has 0 fully saturated rings. The van der Waals surface area contributed by atoms with Gasteiger partial charge in [0.25, 0.3) is 10.0 Å². The molecule has 3 aromatic rings. The number of aromatic hydroxyl groups is 1. The molecule has 0 saturated carbocycles. The van der Waals surface area contributed by atoms with Crippen molar-refractivity contribution in [3.05, 3.63) is 80.3 Å². The number of halogens is 2. The molecule has 0 heterocycles. The highest BCUT2D eigenvalue weighted by Crippen LogP contribution is 2.23. The minimum absolute atomic E-state index is 0.114. The Morgan fingerprint density at radius 1 is 1.00 bits per heavy atom. The number of aliphatic imine (C=N–C) groups is 1. The standard InChI is InChI=1S/C19H14BrIN2O3S/c20-14-1-10-19(24)13(11-14)12-22-16-6-8-18(9-7-16)27(25,26)23-17-4-2-15(21)3-5-17/h1-12,23-24H. The van der Waals surface area contributed by atoms with Crippen molar-refractivity contribution >= 4 is 66.1 Å². The smallest absolute Gasteiger partial charge is 0.261 e. The Labute approximate surface area is 179 Å². The van der Waals surface area contributed by atoms with Crippen LogP contribution in [-0.4, -0.2) is 19.7 Å². The van der Waals surface area contributed by atoms with Crippen LogP contribution in [0.4, 0.5) is 11.4 Å². The van der Waals surface area contributed by atoms with Crippen molar-refractivity contribution in [2.24, 2.45) is 4.99 Å². The molecule has 0 aliphatic heterocycles. The Balaban J connectivity index is 1.77. The number of phenolic OH excluding ortho intramolecular Hbond substituents is 1. The zero-order chi connectivity index (χ0) is 19.4. The van der Waals surface area contributed by atoms with E-state index in [1.807, 2.05) is 12.1 Å². The molecule has 0 bridgehead atoms. The maximum absolute atomic E-state index is 12.5. The molecule has 0 unspecified atom stereocenters. The van der Waals surface area contributed by atoms with Gasteiger partial charge in [-0.15, -0.1) is 0 Å². The average molecular weight is 557 g/mol. The van der Waals surface area contributed by atoms with Gasteiger partial charge in [-0.2, -0.15) is 0 Å². The van der Waals surface area contributed by atoms with Crippen LogP contribution >= 0.6 is 38.5 Å². The van der Waals surface area contributed by atoms with Gasteiger partial charge in [-0.05, 0) is 89.3 Å². The second-order valence-electron chi connectivity index (χ2n) is 5.57. The van der Waals surface area contributed by atoms with E-state index < -0.39 is 10.0 Å². The molecule has 3 rings (SSSR count). The lowest BCUT2D eigenvalue weighted by molar-refractivity contribution is 0.474. The zero-order valence-electron chi connectivity index (χ0n) is 13.8. The molecular formula is C19H14BrIN2O3S. The Morgan fingerprint density at radius 3 is 2.33 bits per heavy atom. The largest absolute Gasteiger partial charge is 0.507 e. The summed E-state index contributed by atoms with van der Waals surface area (Å²) in [5.74, 6) is 0.114. The predicted molar refractivity (Wildman–Crippen MR) is 119 cm³/mol. The average Bonchev–Trinajstić information content (AvgIpc) is 2.64. The maximum Gasteiger partial charge on any atom is 0.261 e. The summed E-state index contributed by atoms with van der Waals surface area (Å²) >= 11 is 5.49. The van der Waals surface area contributed by atoms with Gasteiger partial charge in [-0.1, -0.05) is 15.9 Å². The molecule has 0 radical (unpaired) electrons. The van der Waals surface area contributed by atoms with Gasteiger partial charge in [0.05, 0.1) is 10.6 Å². The molecule has 0 aromatic heterocycles. The number of nitrogens with zero attached hydrogens (tertiary/aromatic N) is 1. The number of rotatable bonds is 5. The molecule has 0 aliphatic carbocycles. The van der Waals surface area contributed by atoms with Crippen LogP contribution in [0.1, 0.15) is 5.56 Å². The molecule has 2 N–H and O–H groups in total. The molecular weight excluding hydrogens is 543 g/mol. The number of anilines is 1. The highest BCUT2D eigenvalue weighted by atomic mass is 127. The summed E-state index contributed by atoms with van der Waals surface area (Å²) in [5.41, 5.74) is 1.63. The maximum atomic E-state index is 12.5. The summed E-state index contributed by atoms with van der Waals surface area (Å²) in [6.07, 6.45) is 1.52. The van der Waals surface area contributed by atoms with Crippen LogP contribution in [0.15, 0.2) is 81.1 Å². The van der Waals surface area contributed by atoms with Gasteiger partial charge in [0.15, 0.2) is 0 Å². The minimum Gasteiger partial charge on any atom is -0.507 e. The van der Waals surface area contributed by atoms with Crippen LogP contribution in [0, 0.1) is 3.57 Å². The van der Waals surface area contributed by atoms with E-state index in [2.05, 4.69) is 48.2 Å². The van der Waals surface area contributed by atoms with E-state index in [0.717, 1.165) is 8.04 Å². The Morgan fingerprint density at radius 2 is 1.67 bits per heavy atom. The fraction of sp³-hybridized carbons (Fsp3) is 0. The van der Waals surface area contributed by atoms with Gasteiger partial charge >= 0.3 is 0 Å². The number of hydrogen-bond donors (Lipinski definition) is 2. The minimum atomic E-state index is -3.67. The van der Waals surface area contributed by atoms with E-state index in [9.17, 15) is 13.5 Å². The third-order valence-corrected chi connectivity index (χ3v) is 6.20. The Kier molecular flexibility index (Phi) is 6.18. The summed E-state index contributed by atoms with van der Waals surface area (Å²) in [5, 5.41) is 9.82. The van der Waals surface area contributed by atoms with Crippen LogP contribution in [0.25, 0.3) is 0 Å². The molecule has 0 saturated heterocycles. The summed E-state index contributed by atoms with van der Waals surface area (Å²) in [6, 6.07) is 18.3. The van der Waals surface area contributed by atoms with Crippen molar-refractivity contribution in [3.63, 3.8) is 0 Å². The second-order valence-corrected chi connectivity index (χ2v) is 9.41. The van der Waals surface area contributed by atoms with Crippen LogP contribution in [-0.2, 0) is 10.0 Å². The molecule has 0 amide bonds. The second kappa shape index (κ2) is 8.41. The van der Waals surface area contributed by atoms with Crippen LogP contribution in [0.5, 0.6) is 5.75 Å². The highest BCUT2D eigenvalue weighted by molar-refractivity contribution is 14.1. The van der Waals surface area contributed by atoms with Crippen molar-refractivity contribution in [1.29, 1.82) is 0 Å². The molecule has 27 heavy (non-hydrogen) atoms. The van der Waals surface area contributed by atoms with E-state index >= 15 is 0 Å². The van der Waals surface area contributed by atoms with Crippen molar-refractivity contribution in [2.45, 2.75) is 4.90 Å². The molecule has 8 heteroatoms. The predicted octanol–water partition coefficient (Wildman–Crippen LogP) is 5.31. The third-order valence-electron chi connectivity index (χ3n) is 3.59. The fourth-order valence-corrected chi connectivity index (χ4v) is 4.01. The summed E-state index contributed by atoms with van der Waals surface area (Å²) in [4.78, 5) is 4.42. The van der Waals surface area contributed by atoms with E-state index in [-0.39, 0.29) is 10.6 Å². The van der Waals surface area contributed by atoms with Gasteiger partial charge in [0.2, 0.25) is 0 Å². The SMILES string of the molecule is O=S(=O)(Nc1ccc(I)cc1)c1ccc(N=Cc2cc(Br)ccc2O)cc1. The van der Waals surface area contributed by atoms with E-state index in [0.29, 0.717) is 16.9 Å². The van der Waals surface area contributed by atoms with Crippen LogP contribution < -0.4 is 4.72 Å². The summed E-state index contributed by atoms with van der Waals surface area (Å²) in [7, 11) is -3.67. The first-order chi connectivity index (χ1) is 12.8. The quantitative estimate of drug-likeness (QED) is 0.330. The molecule has 0 aliphatic rings. The number of sulfonamides is 1.